The molecular formula is C12H17N3O2. The van der Waals surface area contributed by atoms with E-state index in [1.165, 1.54) is 6.07 Å². The first-order valence-corrected chi connectivity index (χ1v) is 5.97. The molecule has 1 aromatic rings. The first-order chi connectivity index (χ1) is 8.11. The molecule has 1 aliphatic rings. The van der Waals surface area contributed by atoms with Gasteiger partial charge in [-0.25, -0.2) is 14.8 Å². The molecular weight excluding hydrogens is 218 g/mol. The number of hydrogen-bond donors (Lipinski definition) is 1. The lowest BCUT2D eigenvalue weighted by Gasteiger charge is -2.22. The molecule has 0 spiro atoms. The molecule has 17 heavy (non-hydrogen) atoms. The zero-order valence-corrected chi connectivity index (χ0v) is 10.2. The molecule has 0 atom stereocenters. The summed E-state index contributed by atoms with van der Waals surface area (Å²) in [6, 6.07) is 2.00. The van der Waals surface area contributed by atoms with E-state index in [2.05, 4.69) is 21.8 Å². The minimum absolute atomic E-state index is 0.0780. The minimum atomic E-state index is -0.996. The second-order valence-electron chi connectivity index (χ2n) is 4.42. The standard InChI is InChI=1S/C12H17N3O2/c1-3-6-15(9-4-5-9)12-13-8(2)7-10(14-12)11(16)17/h7,9H,3-6H2,1-2H3,(H,16,17). The van der Waals surface area contributed by atoms with E-state index in [-0.39, 0.29) is 5.69 Å². The van der Waals surface area contributed by atoms with E-state index in [9.17, 15) is 4.79 Å². The molecule has 0 saturated heterocycles. The van der Waals surface area contributed by atoms with E-state index in [1.54, 1.807) is 6.92 Å². The van der Waals surface area contributed by atoms with Crippen molar-refractivity contribution in [1.29, 1.82) is 0 Å². The summed E-state index contributed by atoms with van der Waals surface area (Å²) in [4.78, 5) is 21.6. The third-order valence-electron chi connectivity index (χ3n) is 2.77. The predicted octanol–water partition coefficient (Wildman–Crippen LogP) is 1.86. The van der Waals surface area contributed by atoms with Crippen LogP contribution in [-0.4, -0.2) is 33.6 Å². The number of aromatic nitrogens is 2. The van der Waals surface area contributed by atoms with Crippen LogP contribution in [0.2, 0.25) is 0 Å². The number of aryl methyl sites for hydroxylation is 1. The highest BCUT2D eigenvalue weighted by molar-refractivity contribution is 5.85. The molecule has 0 aliphatic heterocycles. The Balaban J connectivity index is 2.31. The molecule has 92 valence electrons. The van der Waals surface area contributed by atoms with Gasteiger partial charge in [0.2, 0.25) is 5.95 Å². The number of aromatic carboxylic acids is 1. The fraction of sp³-hybridized carbons (Fsp3) is 0.583. The third-order valence-corrected chi connectivity index (χ3v) is 2.77. The number of carboxylic acid groups (broad SMARTS) is 1. The van der Waals surface area contributed by atoms with Crippen molar-refractivity contribution in [3.8, 4) is 0 Å². The van der Waals surface area contributed by atoms with E-state index in [1.807, 2.05) is 0 Å². The Labute approximate surface area is 100 Å². The van der Waals surface area contributed by atoms with Gasteiger partial charge in [0, 0.05) is 18.3 Å². The normalized spacial score (nSPS) is 14.7. The largest absolute Gasteiger partial charge is 0.477 e. The van der Waals surface area contributed by atoms with Crippen molar-refractivity contribution in [3.63, 3.8) is 0 Å². The lowest BCUT2D eigenvalue weighted by atomic mass is 10.3. The summed E-state index contributed by atoms with van der Waals surface area (Å²) in [5.74, 6) is -0.434. The van der Waals surface area contributed by atoms with Crippen LogP contribution in [0.25, 0.3) is 0 Å². The average molecular weight is 235 g/mol. The van der Waals surface area contributed by atoms with Gasteiger partial charge in [-0.15, -0.1) is 0 Å². The van der Waals surface area contributed by atoms with Crippen molar-refractivity contribution < 1.29 is 9.90 Å². The van der Waals surface area contributed by atoms with E-state index in [4.69, 9.17) is 5.11 Å². The topological polar surface area (TPSA) is 66.3 Å². The first-order valence-electron chi connectivity index (χ1n) is 5.97. The lowest BCUT2D eigenvalue weighted by Crippen LogP contribution is -2.29. The van der Waals surface area contributed by atoms with E-state index in [0.29, 0.717) is 17.7 Å². The predicted molar refractivity (Wildman–Crippen MR) is 64.4 cm³/mol. The van der Waals surface area contributed by atoms with Gasteiger partial charge < -0.3 is 10.0 Å². The van der Waals surface area contributed by atoms with Crippen molar-refractivity contribution in [2.45, 2.75) is 39.2 Å². The van der Waals surface area contributed by atoms with Gasteiger partial charge in [0.05, 0.1) is 0 Å². The second-order valence-corrected chi connectivity index (χ2v) is 4.42. The number of hydrogen-bond acceptors (Lipinski definition) is 4. The maximum absolute atomic E-state index is 11.0. The average Bonchev–Trinajstić information content (AvgIpc) is 3.08. The van der Waals surface area contributed by atoms with Crippen molar-refractivity contribution in [1.82, 2.24) is 9.97 Å². The number of nitrogens with zero attached hydrogens (tertiary/aromatic N) is 3. The zero-order valence-electron chi connectivity index (χ0n) is 10.2. The van der Waals surface area contributed by atoms with E-state index >= 15 is 0 Å². The van der Waals surface area contributed by atoms with Crippen molar-refractivity contribution >= 4 is 11.9 Å². The van der Waals surface area contributed by atoms with E-state index < -0.39 is 5.97 Å². The molecule has 5 heteroatoms. The highest BCUT2D eigenvalue weighted by atomic mass is 16.4. The molecule has 1 heterocycles. The van der Waals surface area contributed by atoms with Crippen LogP contribution in [0.1, 0.15) is 42.4 Å². The summed E-state index contributed by atoms with van der Waals surface area (Å²) in [7, 11) is 0. The Morgan fingerprint density at radius 1 is 1.53 bits per heavy atom. The summed E-state index contributed by atoms with van der Waals surface area (Å²) in [6.07, 6.45) is 3.32. The van der Waals surface area contributed by atoms with Crippen LogP contribution in [0, 0.1) is 6.92 Å². The molecule has 2 rings (SSSR count). The molecule has 1 aliphatic carbocycles. The van der Waals surface area contributed by atoms with Gasteiger partial charge in [-0.1, -0.05) is 6.92 Å². The Hall–Kier alpha value is -1.65. The van der Waals surface area contributed by atoms with Crippen LogP contribution in [0.15, 0.2) is 6.07 Å². The Bertz CT molecular complexity index is 430. The van der Waals surface area contributed by atoms with Crippen LogP contribution < -0.4 is 4.90 Å². The number of rotatable bonds is 5. The van der Waals surface area contributed by atoms with Crippen LogP contribution in [-0.2, 0) is 0 Å². The minimum Gasteiger partial charge on any atom is -0.477 e. The summed E-state index contributed by atoms with van der Waals surface area (Å²) < 4.78 is 0. The third kappa shape index (κ3) is 2.72. The van der Waals surface area contributed by atoms with Crippen molar-refractivity contribution in [2.24, 2.45) is 0 Å². The van der Waals surface area contributed by atoms with Crippen LogP contribution >= 0.6 is 0 Å². The molecule has 1 fully saturated rings. The van der Waals surface area contributed by atoms with Crippen LogP contribution in [0.3, 0.4) is 0 Å². The SMILES string of the molecule is CCCN(c1nc(C)cc(C(=O)O)n1)C1CC1. The van der Waals surface area contributed by atoms with Gasteiger partial charge in [-0.2, -0.15) is 0 Å². The van der Waals surface area contributed by atoms with Gasteiger partial charge in [-0.3, -0.25) is 0 Å². The second kappa shape index (κ2) is 4.69. The van der Waals surface area contributed by atoms with Gasteiger partial charge in [0.1, 0.15) is 0 Å². The molecule has 0 radical (unpaired) electrons. The summed E-state index contributed by atoms with van der Waals surface area (Å²) >= 11 is 0. The smallest absolute Gasteiger partial charge is 0.354 e. The summed E-state index contributed by atoms with van der Waals surface area (Å²) in [5, 5.41) is 8.99. The van der Waals surface area contributed by atoms with Crippen LogP contribution in [0.5, 0.6) is 0 Å². The monoisotopic (exact) mass is 235 g/mol. The summed E-state index contributed by atoms with van der Waals surface area (Å²) in [5.41, 5.74) is 0.781. The van der Waals surface area contributed by atoms with Crippen LogP contribution in [0.4, 0.5) is 5.95 Å². The molecule has 0 aromatic carbocycles. The maximum atomic E-state index is 11.0. The number of carbonyl (C=O) groups is 1. The molecule has 0 bridgehead atoms. The van der Waals surface area contributed by atoms with Crippen molar-refractivity contribution in [2.75, 3.05) is 11.4 Å². The highest BCUT2D eigenvalue weighted by Gasteiger charge is 2.30. The van der Waals surface area contributed by atoms with Gasteiger partial charge in [-0.05, 0) is 32.3 Å². The molecule has 1 saturated carbocycles. The fourth-order valence-corrected chi connectivity index (χ4v) is 1.86. The Morgan fingerprint density at radius 2 is 2.24 bits per heavy atom. The number of anilines is 1. The number of carboxylic acids is 1. The first kappa shape index (κ1) is 11.8. The van der Waals surface area contributed by atoms with Crippen molar-refractivity contribution in [3.05, 3.63) is 17.5 Å². The van der Waals surface area contributed by atoms with Gasteiger partial charge in [0.25, 0.3) is 0 Å². The van der Waals surface area contributed by atoms with Gasteiger partial charge >= 0.3 is 5.97 Å². The molecule has 1 N–H and O–H groups in total. The Morgan fingerprint density at radius 3 is 2.76 bits per heavy atom. The maximum Gasteiger partial charge on any atom is 0.354 e. The quantitative estimate of drug-likeness (QED) is 0.843. The van der Waals surface area contributed by atoms with Gasteiger partial charge in [0.15, 0.2) is 5.69 Å². The molecule has 0 unspecified atom stereocenters. The molecule has 1 aromatic heterocycles. The highest BCUT2D eigenvalue weighted by Crippen LogP contribution is 2.30. The molecule has 0 amide bonds. The van der Waals surface area contributed by atoms with E-state index in [0.717, 1.165) is 25.8 Å². The Kier molecular flexibility index (Phi) is 3.26. The zero-order chi connectivity index (χ0) is 12.4. The lowest BCUT2D eigenvalue weighted by molar-refractivity contribution is 0.0690. The fourth-order valence-electron chi connectivity index (χ4n) is 1.86. The molecule has 5 nitrogen and oxygen atoms in total. The summed E-state index contributed by atoms with van der Waals surface area (Å²) in [6.45, 7) is 4.78.